The van der Waals surface area contributed by atoms with Crippen molar-refractivity contribution in [1.29, 1.82) is 0 Å². The Labute approximate surface area is 187 Å². The summed E-state index contributed by atoms with van der Waals surface area (Å²) in [5.41, 5.74) is 4.19. The number of hydrogen-bond acceptors (Lipinski definition) is 3. The molecule has 1 amide bonds. The van der Waals surface area contributed by atoms with Crippen LogP contribution in [0.5, 0.6) is 0 Å². The lowest BCUT2D eigenvalue weighted by atomic mass is 10.1. The molecule has 1 aliphatic heterocycles. The maximum atomic E-state index is 13.5. The third-order valence-corrected chi connectivity index (χ3v) is 7.58. The van der Waals surface area contributed by atoms with E-state index in [9.17, 15) is 13.2 Å². The topological polar surface area (TPSA) is 57.7 Å². The fraction of sp³-hybridized carbons (Fsp3) is 0.208. The number of amides is 1. The van der Waals surface area contributed by atoms with Gasteiger partial charge in [-0.15, -0.1) is 0 Å². The molecule has 0 spiro atoms. The summed E-state index contributed by atoms with van der Waals surface area (Å²) < 4.78 is 28.4. The van der Waals surface area contributed by atoms with Crippen molar-refractivity contribution in [2.75, 3.05) is 11.4 Å². The Morgan fingerprint density at radius 2 is 1.65 bits per heavy atom. The van der Waals surface area contributed by atoms with Crippen molar-refractivity contribution in [3.63, 3.8) is 0 Å². The molecule has 160 valence electrons. The standard InChI is InChI=1S/C24H23ClN2O3S/c1-17-7-8-18(2)20(13-17)15-26-16-24(28)27(14-19-9-11-21(25)12-10-19)22-5-3-4-6-23(22)31(26,29)30/h3-13H,14-16H2,1-2H3. The highest BCUT2D eigenvalue weighted by molar-refractivity contribution is 7.89. The van der Waals surface area contributed by atoms with Gasteiger partial charge in [0.2, 0.25) is 15.9 Å². The molecule has 4 rings (SSSR count). The van der Waals surface area contributed by atoms with Crippen LogP contribution in [0.25, 0.3) is 0 Å². The first-order valence-electron chi connectivity index (χ1n) is 9.96. The van der Waals surface area contributed by atoms with Gasteiger partial charge in [0.1, 0.15) is 4.90 Å². The van der Waals surface area contributed by atoms with Crippen LogP contribution in [-0.2, 0) is 27.9 Å². The number of carbonyl (C=O) groups excluding carboxylic acids is 1. The number of hydrogen-bond donors (Lipinski definition) is 0. The molecular formula is C24H23ClN2O3S. The number of fused-ring (bicyclic) bond motifs is 1. The average molecular weight is 455 g/mol. The molecule has 0 saturated carbocycles. The van der Waals surface area contributed by atoms with Gasteiger partial charge in [-0.1, -0.05) is 59.6 Å². The molecule has 0 N–H and O–H groups in total. The lowest BCUT2D eigenvalue weighted by Gasteiger charge is -2.22. The Kier molecular flexibility index (Phi) is 5.88. The summed E-state index contributed by atoms with van der Waals surface area (Å²) in [5, 5.41) is 0.605. The largest absolute Gasteiger partial charge is 0.305 e. The molecule has 0 aromatic heterocycles. The second kappa shape index (κ2) is 8.46. The van der Waals surface area contributed by atoms with Crippen molar-refractivity contribution >= 4 is 33.2 Å². The van der Waals surface area contributed by atoms with Crippen molar-refractivity contribution < 1.29 is 13.2 Å². The van der Waals surface area contributed by atoms with Gasteiger partial charge in [0.05, 0.1) is 18.8 Å². The maximum absolute atomic E-state index is 13.5. The number of rotatable bonds is 4. The van der Waals surface area contributed by atoms with Gasteiger partial charge < -0.3 is 4.90 Å². The number of para-hydroxylation sites is 1. The molecule has 31 heavy (non-hydrogen) atoms. The van der Waals surface area contributed by atoms with Gasteiger partial charge in [0, 0.05) is 11.6 Å². The summed E-state index contributed by atoms with van der Waals surface area (Å²) in [6, 6.07) is 19.8. The minimum atomic E-state index is -3.86. The van der Waals surface area contributed by atoms with E-state index in [1.165, 1.54) is 4.31 Å². The van der Waals surface area contributed by atoms with Crippen LogP contribution in [0.1, 0.15) is 22.3 Å². The molecule has 5 nitrogen and oxygen atoms in total. The van der Waals surface area contributed by atoms with Gasteiger partial charge in [-0.25, -0.2) is 8.42 Å². The van der Waals surface area contributed by atoms with E-state index in [1.54, 1.807) is 41.3 Å². The van der Waals surface area contributed by atoms with Crippen LogP contribution in [0, 0.1) is 13.8 Å². The van der Waals surface area contributed by atoms with Crippen LogP contribution < -0.4 is 4.90 Å². The summed E-state index contributed by atoms with van der Waals surface area (Å²) in [5.74, 6) is -0.270. The predicted molar refractivity (Wildman–Crippen MR) is 123 cm³/mol. The number of nitrogens with zero attached hydrogens (tertiary/aromatic N) is 2. The van der Waals surface area contributed by atoms with Crippen LogP contribution in [0.2, 0.25) is 5.02 Å². The Hall–Kier alpha value is -2.67. The second-order valence-corrected chi connectivity index (χ2v) is 10.1. The van der Waals surface area contributed by atoms with Gasteiger partial charge in [-0.3, -0.25) is 4.79 Å². The number of aryl methyl sites for hydroxylation is 2. The summed E-state index contributed by atoms with van der Waals surface area (Å²) in [6.45, 7) is 4.10. The highest BCUT2D eigenvalue weighted by Crippen LogP contribution is 2.33. The first-order chi connectivity index (χ1) is 14.8. The van der Waals surface area contributed by atoms with E-state index in [1.807, 2.05) is 44.2 Å². The minimum absolute atomic E-state index is 0.139. The molecule has 0 bridgehead atoms. The molecule has 3 aromatic carbocycles. The second-order valence-electron chi connectivity index (χ2n) is 7.78. The number of carbonyl (C=O) groups is 1. The Bertz CT molecular complexity index is 1240. The number of sulfonamides is 1. The molecule has 0 fully saturated rings. The zero-order valence-corrected chi connectivity index (χ0v) is 18.9. The van der Waals surface area contributed by atoms with E-state index in [0.717, 1.165) is 22.3 Å². The molecule has 7 heteroatoms. The molecule has 0 atom stereocenters. The minimum Gasteiger partial charge on any atom is -0.305 e. The van der Waals surface area contributed by atoms with Crippen LogP contribution in [0.4, 0.5) is 5.69 Å². The molecule has 0 unspecified atom stereocenters. The monoisotopic (exact) mass is 454 g/mol. The third-order valence-electron chi connectivity index (χ3n) is 5.49. The van der Waals surface area contributed by atoms with E-state index in [0.29, 0.717) is 10.7 Å². The van der Waals surface area contributed by atoms with E-state index >= 15 is 0 Å². The van der Waals surface area contributed by atoms with Gasteiger partial charge in [-0.2, -0.15) is 4.31 Å². The summed E-state index contributed by atoms with van der Waals surface area (Å²) >= 11 is 5.98. The van der Waals surface area contributed by atoms with E-state index in [4.69, 9.17) is 11.6 Å². The van der Waals surface area contributed by atoms with Crippen LogP contribution in [0.3, 0.4) is 0 Å². The molecule has 0 saturated heterocycles. The van der Waals surface area contributed by atoms with Gasteiger partial charge in [0.25, 0.3) is 0 Å². The van der Waals surface area contributed by atoms with E-state index in [2.05, 4.69) is 0 Å². The number of halogens is 1. The van der Waals surface area contributed by atoms with Gasteiger partial charge >= 0.3 is 0 Å². The quantitative estimate of drug-likeness (QED) is 0.574. The van der Waals surface area contributed by atoms with Crippen molar-refractivity contribution in [2.24, 2.45) is 0 Å². The zero-order chi connectivity index (χ0) is 22.2. The van der Waals surface area contributed by atoms with Crippen LogP contribution in [0.15, 0.2) is 71.6 Å². The smallest absolute Gasteiger partial charge is 0.245 e. The molecule has 1 aliphatic rings. The fourth-order valence-electron chi connectivity index (χ4n) is 3.74. The first-order valence-corrected chi connectivity index (χ1v) is 11.8. The van der Waals surface area contributed by atoms with Crippen LogP contribution >= 0.6 is 11.6 Å². The summed E-state index contributed by atoms with van der Waals surface area (Å²) in [7, 11) is -3.86. The van der Waals surface area contributed by atoms with Crippen LogP contribution in [-0.4, -0.2) is 25.2 Å². The average Bonchev–Trinajstić information content (AvgIpc) is 2.81. The molecule has 0 aliphatic carbocycles. The highest BCUT2D eigenvalue weighted by Gasteiger charge is 2.36. The highest BCUT2D eigenvalue weighted by atomic mass is 35.5. The maximum Gasteiger partial charge on any atom is 0.245 e. The number of anilines is 1. The van der Waals surface area contributed by atoms with E-state index < -0.39 is 10.0 Å². The van der Waals surface area contributed by atoms with Crippen molar-refractivity contribution in [3.8, 4) is 0 Å². The Morgan fingerprint density at radius 3 is 2.39 bits per heavy atom. The number of benzene rings is 3. The summed E-state index contributed by atoms with van der Waals surface area (Å²) in [6.07, 6.45) is 0. The normalized spacial score (nSPS) is 16.1. The predicted octanol–water partition coefficient (Wildman–Crippen LogP) is 4.69. The third kappa shape index (κ3) is 4.37. The SMILES string of the molecule is Cc1ccc(C)c(CN2CC(=O)N(Cc3ccc(Cl)cc3)c3ccccc3S2(=O)=O)c1. The molecular weight excluding hydrogens is 432 g/mol. The lowest BCUT2D eigenvalue weighted by Crippen LogP contribution is -2.38. The fourth-order valence-corrected chi connectivity index (χ4v) is 5.43. The molecule has 0 radical (unpaired) electrons. The summed E-state index contributed by atoms with van der Waals surface area (Å²) in [4.78, 5) is 15.0. The van der Waals surface area contributed by atoms with Gasteiger partial charge in [0.15, 0.2) is 0 Å². The molecule has 3 aromatic rings. The Balaban J connectivity index is 1.75. The first kappa shape index (κ1) is 21.6. The lowest BCUT2D eigenvalue weighted by molar-refractivity contribution is -0.119. The van der Waals surface area contributed by atoms with E-state index in [-0.39, 0.29) is 30.4 Å². The van der Waals surface area contributed by atoms with Crippen molar-refractivity contribution in [2.45, 2.75) is 31.8 Å². The van der Waals surface area contributed by atoms with Gasteiger partial charge in [-0.05, 0) is 54.8 Å². The van der Waals surface area contributed by atoms with Crippen molar-refractivity contribution in [3.05, 3.63) is 94.0 Å². The zero-order valence-electron chi connectivity index (χ0n) is 17.4. The molecule has 1 heterocycles. The van der Waals surface area contributed by atoms with Crippen molar-refractivity contribution in [1.82, 2.24) is 4.31 Å². The Morgan fingerprint density at radius 1 is 0.935 bits per heavy atom.